The number of carbonyl (C=O) groups is 2. The average Bonchev–Trinajstić information content (AvgIpc) is 2.55. The summed E-state index contributed by atoms with van der Waals surface area (Å²) in [6, 6.07) is 4.22. The molecule has 0 spiro atoms. The monoisotopic (exact) mass is 234 g/mol. The number of urea groups is 1. The number of rotatable bonds is 3. The van der Waals surface area contributed by atoms with Crippen molar-refractivity contribution in [3.05, 3.63) is 42.7 Å². The van der Waals surface area contributed by atoms with Gasteiger partial charge in [-0.3, -0.25) is 4.79 Å². The summed E-state index contributed by atoms with van der Waals surface area (Å²) in [4.78, 5) is 24.5. The summed E-state index contributed by atoms with van der Waals surface area (Å²) in [5.41, 5.74) is 0.235. The van der Waals surface area contributed by atoms with Crippen LogP contribution in [0.2, 0.25) is 0 Å². The summed E-state index contributed by atoms with van der Waals surface area (Å²) in [5.74, 6) is -0.879. The van der Waals surface area contributed by atoms with Crippen LogP contribution in [-0.2, 0) is 4.79 Å². The summed E-state index contributed by atoms with van der Waals surface area (Å²) in [6.07, 6.45) is 1.91. The Bertz CT molecular complexity index is 487. The van der Waals surface area contributed by atoms with Crippen LogP contribution in [-0.4, -0.2) is 18.0 Å². The second-order valence-electron chi connectivity index (χ2n) is 3.68. The Hall–Kier alpha value is -2.17. The Labute approximate surface area is 97.7 Å². The van der Waals surface area contributed by atoms with Crippen LogP contribution in [0.4, 0.5) is 14.9 Å². The second kappa shape index (κ2) is 4.37. The van der Waals surface area contributed by atoms with Crippen LogP contribution in [0.25, 0.3) is 0 Å². The Morgan fingerprint density at radius 2 is 2.24 bits per heavy atom. The van der Waals surface area contributed by atoms with Gasteiger partial charge in [0.2, 0.25) is 0 Å². The molecular formula is C12H11FN2O2. The van der Waals surface area contributed by atoms with Crippen LogP contribution in [0.3, 0.4) is 0 Å². The number of hydrogen-bond donors (Lipinski definition) is 1. The number of halogens is 1. The molecule has 0 bridgehead atoms. The predicted octanol–water partition coefficient (Wildman–Crippen LogP) is 1.83. The predicted molar refractivity (Wildman–Crippen MR) is 61.0 cm³/mol. The summed E-state index contributed by atoms with van der Waals surface area (Å²) in [5, 5.41) is 2.52. The maximum atomic E-state index is 13.0. The number of nitrogens with zero attached hydrogens (tertiary/aromatic N) is 1. The van der Waals surface area contributed by atoms with Crippen molar-refractivity contribution in [2.75, 3.05) is 4.90 Å². The van der Waals surface area contributed by atoms with Crippen LogP contribution in [0.5, 0.6) is 0 Å². The van der Waals surface area contributed by atoms with Crippen molar-refractivity contribution in [1.29, 1.82) is 0 Å². The highest BCUT2D eigenvalue weighted by atomic mass is 19.1. The Balaban J connectivity index is 2.30. The first kappa shape index (κ1) is 11.3. The van der Waals surface area contributed by atoms with Gasteiger partial charge in [0.15, 0.2) is 0 Å². The minimum absolute atomic E-state index is 0.235. The lowest BCUT2D eigenvalue weighted by molar-refractivity contribution is -0.118. The standard InChI is InChI=1S/C12H11FN2O2/c1-2-4-10-11(16)15(12(17)14-10)9-6-3-5-8(13)7-9/h2-3,5-7,10H,1,4H2,(H,14,17). The van der Waals surface area contributed by atoms with Crippen molar-refractivity contribution in [1.82, 2.24) is 5.32 Å². The molecule has 1 heterocycles. The van der Waals surface area contributed by atoms with Crippen LogP contribution < -0.4 is 10.2 Å². The van der Waals surface area contributed by atoms with Gasteiger partial charge in [0.25, 0.3) is 5.91 Å². The summed E-state index contributed by atoms with van der Waals surface area (Å²) in [7, 11) is 0. The molecule has 0 radical (unpaired) electrons. The molecule has 1 fully saturated rings. The van der Waals surface area contributed by atoms with Crippen LogP contribution in [0.15, 0.2) is 36.9 Å². The molecule has 5 heteroatoms. The van der Waals surface area contributed by atoms with Gasteiger partial charge >= 0.3 is 6.03 Å². The highest BCUT2D eigenvalue weighted by Gasteiger charge is 2.38. The third kappa shape index (κ3) is 2.04. The van der Waals surface area contributed by atoms with Crippen molar-refractivity contribution in [2.45, 2.75) is 12.5 Å². The topological polar surface area (TPSA) is 49.4 Å². The number of imide groups is 1. The van der Waals surface area contributed by atoms with E-state index in [1.165, 1.54) is 18.2 Å². The molecule has 1 aromatic rings. The van der Waals surface area contributed by atoms with Crippen LogP contribution >= 0.6 is 0 Å². The molecule has 0 saturated carbocycles. The smallest absolute Gasteiger partial charge is 0.325 e. The molecule has 1 aliphatic heterocycles. The molecule has 0 aromatic heterocycles. The van der Waals surface area contributed by atoms with E-state index in [1.807, 2.05) is 0 Å². The van der Waals surface area contributed by atoms with Crippen LogP contribution in [0.1, 0.15) is 6.42 Å². The van der Waals surface area contributed by atoms with Gasteiger partial charge in [-0.1, -0.05) is 12.1 Å². The third-order valence-electron chi connectivity index (χ3n) is 2.49. The number of carbonyl (C=O) groups excluding carboxylic acids is 2. The zero-order chi connectivity index (χ0) is 12.4. The number of anilines is 1. The van der Waals surface area contributed by atoms with Gasteiger partial charge in [-0.25, -0.2) is 14.1 Å². The van der Waals surface area contributed by atoms with Crippen molar-refractivity contribution >= 4 is 17.6 Å². The lowest BCUT2D eigenvalue weighted by Gasteiger charge is -2.12. The van der Waals surface area contributed by atoms with Gasteiger partial charge in [0, 0.05) is 0 Å². The van der Waals surface area contributed by atoms with E-state index in [-0.39, 0.29) is 11.6 Å². The maximum Gasteiger partial charge on any atom is 0.329 e. The first-order valence-corrected chi connectivity index (χ1v) is 5.14. The highest BCUT2D eigenvalue weighted by Crippen LogP contribution is 2.21. The minimum atomic E-state index is -0.608. The van der Waals surface area contributed by atoms with Crippen molar-refractivity contribution in [3.63, 3.8) is 0 Å². The van der Waals surface area contributed by atoms with Crippen molar-refractivity contribution in [2.24, 2.45) is 0 Å². The fraction of sp³-hybridized carbons (Fsp3) is 0.167. The zero-order valence-electron chi connectivity index (χ0n) is 9.02. The van der Waals surface area contributed by atoms with E-state index in [0.29, 0.717) is 6.42 Å². The fourth-order valence-electron chi connectivity index (χ4n) is 1.72. The summed E-state index contributed by atoms with van der Waals surface area (Å²) < 4.78 is 13.0. The molecule has 1 aliphatic rings. The molecule has 4 nitrogen and oxygen atoms in total. The quantitative estimate of drug-likeness (QED) is 0.640. The SMILES string of the molecule is C=CCC1NC(=O)N(c2cccc(F)c2)C1=O. The Morgan fingerprint density at radius 3 is 2.88 bits per heavy atom. The molecule has 1 saturated heterocycles. The summed E-state index contributed by atoms with van der Waals surface area (Å²) in [6.45, 7) is 3.51. The van der Waals surface area contributed by atoms with E-state index in [2.05, 4.69) is 11.9 Å². The molecule has 0 aliphatic carbocycles. The number of nitrogens with one attached hydrogen (secondary N) is 1. The van der Waals surface area contributed by atoms with Gasteiger partial charge in [-0.15, -0.1) is 6.58 Å². The lowest BCUT2D eigenvalue weighted by Crippen LogP contribution is -2.31. The van der Waals surface area contributed by atoms with Crippen molar-refractivity contribution < 1.29 is 14.0 Å². The van der Waals surface area contributed by atoms with Crippen LogP contribution in [0, 0.1) is 5.82 Å². The largest absolute Gasteiger partial charge is 0.329 e. The van der Waals surface area contributed by atoms with Gasteiger partial charge in [-0.2, -0.15) is 0 Å². The lowest BCUT2D eigenvalue weighted by atomic mass is 10.2. The second-order valence-corrected chi connectivity index (χ2v) is 3.68. The molecule has 2 rings (SSSR count). The molecule has 17 heavy (non-hydrogen) atoms. The number of benzene rings is 1. The fourth-order valence-corrected chi connectivity index (χ4v) is 1.72. The van der Waals surface area contributed by atoms with E-state index in [1.54, 1.807) is 6.08 Å². The van der Waals surface area contributed by atoms with Gasteiger partial charge < -0.3 is 5.32 Å². The van der Waals surface area contributed by atoms with Gasteiger partial charge in [0.1, 0.15) is 11.9 Å². The molecular weight excluding hydrogens is 223 g/mol. The molecule has 1 atom stereocenters. The van der Waals surface area contributed by atoms with Crippen molar-refractivity contribution in [3.8, 4) is 0 Å². The summed E-state index contributed by atoms with van der Waals surface area (Å²) >= 11 is 0. The molecule has 1 aromatic carbocycles. The molecule has 1 N–H and O–H groups in total. The zero-order valence-corrected chi connectivity index (χ0v) is 9.02. The number of amides is 3. The average molecular weight is 234 g/mol. The minimum Gasteiger partial charge on any atom is -0.325 e. The highest BCUT2D eigenvalue weighted by molar-refractivity contribution is 6.21. The molecule has 1 unspecified atom stereocenters. The van der Waals surface area contributed by atoms with E-state index >= 15 is 0 Å². The molecule has 3 amide bonds. The third-order valence-corrected chi connectivity index (χ3v) is 2.49. The Morgan fingerprint density at radius 1 is 1.47 bits per heavy atom. The van der Waals surface area contributed by atoms with E-state index in [0.717, 1.165) is 11.0 Å². The first-order chi connectivity index (χ1) is 8.13. The first-order valence-electron chi connectivity index (χ1n) is 5.14. The van der Waals surface area contributed by atoms with E-state index < -0.39 is 17.9 Å². The van der Waals surface area contributed by atoms with E-state index in [4.69, 9.17) is 0 Å². The maximum absolute atomic E-state index is 13.0. The molecule has 88 valence electrons. The van der Waals surface area contributed by atoms with E-state index in [9.17, 15) is 14.0 Å². The Kier molecular flexibility index (Phi) is 2.91. The number of hydrogen-bond acceptors (Lipinski definition) is 2. The normalized spacial score (nSPS) is 19.4. The van der Waals surface area contributed by atoms with Gasteiger partial charge in [-0.05, 0) is 24.6 Å². The van der Waals surface area contributed by atoms with Gasteiger partial charge in [0.05, 0.1) is 5.69 Å².